The van der Waals surface area contributed by atoms with Crippen molar-refractivity contribution in [1.29, 1.82) is 5.26 Å². The van der Waals surface area contributed by atoms with Crippen molar-refractivity contribution in [3.8, 4) is 17.3 Å². The normalized spacial score (nSPS) is 13.8. The van der Waals surface area contributed by atoms with Crippen LogP contribution in [0.5, 0.6) is 0 Å². The number of aromatic nitrogens is 4. The van der Waals surface area contributed by atoms with Crippen molar-refractivity contribution in [3.05, 3.63) is 48.2 Å². The molecule has 1 aliphatic heterocycles. The van der Waals surface area contributed by atoms with Crippen molar-refractivity contribution >= 4 is 17.3 Å². The number of hydrogen-bond acceptors (Lipinski definition) is 7. The van der Waals surface area contributed by atoms with Crippen LogP contribution in [0.3, 0.4) is 0 Å². The van der Waals surface area contributed by atoms with E-state index in [9.17, 15) is 4.39 Å². The zero-order chi connectivity index (χ0) is 20.9. The van der Waals surface area contributed by atoms with Crippen LogP contribution < -0.4 is 10.2 Å². The van der Waals surface area contributed by atoms with Crippen LogP contribution in [0.25, 0.3) is 11.3 Å². The van der Waals surface area contributed by atoms with Gasteiger partial charge in [0, 0.05) is 36.7 Å². The van der Waals surface area contributed by atoms with E-state index in [-0.39, 0.29) is 5.82 Å². The second-order valence-corrected chi connectivity index (χ2v) is 7.02. The highest BCUT2D eigenvalue weighted by molar-refractivity contribution is 5.65. The molecule has 1 aliphatic rings. The molecular weight excluding hydrogens is 385 g/mol. The van der Waals surface area contributed by atoms with E-state index in [1.54, 1.807) is 23.1 Å². The Morgan fingerprint density at radius 2 is 2.10 bits per heavy atom. The predicted molar refractivity (Wildman–Crippen MR) is 111 cm³/mol. The molecule has 0 radical (unpaired) electrons. The van der Waals surface area contributed by atoms with Gasteiger partial charge in [-0.15, -0.1) is 0 Å². The molecule has 2 aromatic heterocycles. The molecule has 0 spiro atoms. The number of benzene rings is 1. The number of rotatable bonds is 6. The average Bonchev–Trinajstić information content (AvgIpc) is 3.23. The molecule has 0 amide bonds. The van der Waals surface area contributed by atoms with Gasteiger partial charge >= 0.3 is 0 Å². The summed E-state index contributed by atoms with van der Waals surface area (Å²) in [5.74, 6) is 0.0758. The van der Waals surface area contributed by atoms with Crippen LogP contribution in [-0.4, -0.2) is 46.1 Å². The van der Waals surface area contributed by atoms with Gasteiger partial charge in [0.05, 0.1) is 49.8 Å². The van der Waals surface area contributed by atoms with Crippen LogP contribution in [0.4, 0.5) is 21.7 Å². The third-order valence-electron chi connectivity index (χ3n) is 4.89. The summed E-state index contributed by atoms with van der Waals surface area (Å²) >= 11 is 0. The molecule has 0 bridgehead atoms. The van der Waals surface area contributed by atoms with E-state index in [0.717, 1.165) is 16.8 Å². The fraction of sp³-hybridized carbons (Fsp3) is 0.333. The van der Waals surface area contributed by atoms with E-state index in [1.807, 2.05) is 24.1 Å². The number of aryl methyl sites for hydroxylation is 2. The molecule has 0 unspecified atom stereocenters. The molecule has 3 heterocycles. The lowest BCUT2D eigenvalue weighted by Gasteiger charge is -2.29. The number of nitrogens with zero attached hydrogens (tertiary/aromatic N) is 6. The maximum Gasteiger partial charge on any atom is 0.227 e. The van der Waals surface area contributed by atoms with Gasteiger partial charge in [-0.1, -0.05) is 0 Å². The Labute approximate surface area is 173 Å². The quantitative estimate of drug-likeness (QED) is 0.670. The number of anilines is 3. The second-order valence-electron chi connectivity index (χ2n) is 7.02. The second kappa shape index (κ2) is 8.88. The Hall–Kier alpha value is -3.51. The first-order valence-corrected chi connectivity index (χ1v) is 9.77. The summed E-state index contributed by atoms with van der Waals surface area (Å²) in [6, 6.07) is 7.14. The maximum absolute atomic E-state index is 14.7. The average molecular weight is 407 g/mol. The topological polar surface area (TPSA) is 91.9 Å². The van der Waals surface area contributed by atoms with E-state index in [2.05, 4.69) is 26.5 Å². The van der Waals surface area contributed by atoms with Gasteiger partial charge in [0.1, 0.15) is 5.82 Å². The summed E-state index contributed by atoms with van der Waals surface area (Å²) in [6.45, 7) is 5.01. The van der Waals surface area contributed by atoms with Gasteiger partial charge in [-0.2, -0.15) is 10.4 Å². The van der Waals surface area contributed by atoms with Crippen LogP contribution in [0.15, 0.2) is 36.8 Å². The third kappa shape index (κ3) is 4.39. The number of nitriles is 1. The summed E-state index contributed by atoms with van der Waals surface area (Å²) in [5, 5.41) is 16.1. The molecule has 0 atom stereocenters. The number of hydrogen-bond donors (Lipinski definition) is 1. The van der Waals surface area contributed by atoms with E-state index in [4.69, 9.17) is 10.00 Å². The van der Waals surface area contributed by atoms with Crippen LogP contribution in [0.1, 0.15) is 12.0 Å². The molecule has 8 nitrogen and oxygen atoms in total. The minimum Gasteiger partial charge on any atom is -0.378 e. The molecule has 1 aromatic carbocycles. The third-order valence-corrected chi connectivity index (χ3v) is 4.89. The van der Waals surface area contributed by atoms with Gasteiger partial charge in [-0.25, -0.2) is 14.4 Å². The number of morpholine rings is 1. The summed E-state index contributed by atoms with van der Waals surface area (Å²) in [7, 11) is 0. The van der Waals surface area contributed by atoms with E-state index < -0.39 is 0 Å². The van der Waals surface area contributed by atoms with Crippen LogP contribution >= 0.6 is 0 Å². The van der Waals surface area contributed by atoms with Crippen molar-refractivity contribution in [2.24, 2.45) is 0 Å². The Morgan fingerprint density at radius 3 is 2.87 bits per heavy atom. The molecule has 30 heavy (non-hydrogen) atoms. The van der Waals surface area contributed by atoms with Gasteiger partial charge in [-0.05, 0) is 30.7 Å². The van der Waals surface area contributed by atoms with Crippen molar-refractivity contribution in [2.75, 3.05) is 36.5 Å². The van der Waals surface area contributed by atoms with Crippen molar-refractivity contribution in [3.63, 3.8) is 0 Å². The first-order valence-electron chi connectivity index (χ1n) is 9.77. The lowest BCUT2D eigenvalue weighted by atomic mass is 10.1. The molecule has 0 saturated carbocycles. The Balaban J connectivity index is 1.52. The Kier molecular flexibility index (Phi) is 5.86. The minimum atomic E-state index is -0.298. The number of ether oxygens (including phenoxy) is 1. The fourth-order valence-electron chi connectivity index (χ4n) is 3.34. The standard InChI is InChI=1S/C21H22FN7O/c1-15-12-24-21(27-20(15)16-13-25-29(14-16)6-2-5-23)26-17-3-4-19(18(22)11-17)28-7-9-30-10-8-28/h3-4,11-14H,2,6-10H2,1H3,(H,24,26,27). The summed E-state index contributed by atoms with van der Waals surface area (Å²) in [4.78, 5) is 10.9. The smallest absolute Gasteiger partial charge is 0.227 e. The monoisotopic (exact) mass is 407 g/mol. The van der Waals surface area contributed by atoms with E-state index >= 15 is 0 Å². The fourth-order valence-corrected chi connectivity index (χ4v) is 3.34. The van der Waals surface area contributed by atoms with Crippen molar-refractivity contribution in [1.82, 2.24) is 19.7 Å². The molecule has 9 heteroatoms. The lowest BCUT2D eigenvalue weighted by Crippen LogP contribution is -2.36. The van der Waals surface area contributed by atoms with Crippen molar-refractivity contribution in [2.45, 2.75) is 19.9 Å². The summed E-state index contributed by atoms with van der Waals surface area (Å²) in [5.41, 5.74) is 3.61. The van der Waals surface area contributed by atoms with Gasteiger partial charge in [0.15, 0.2) is 0 Å². The highest BCUT2D eigenvalue weighted by atomic mass is 19.1. The first kappa shape index (κ1) is 19.8. The van der Waals surface area contributed by atoms with E-state index in [0.29, 0.717) is 56.6 Å². The SMILES string of the molecule is Cc1cnc(Nc2ccc(N3CCOCC3)c(F)c2)nc1-c1cnn(CCC#N)c1. The van der Waals surface area contributed by atoms with Crippen molar-refractivity contribution < 1.29 is 9.13 Å². The molecular formula is C21H22FN7O. The molecule has 154 valence electrons. The van der Waals surface area contributed by atoms with Gasteiger partial charge in [0.25, 0.3) is 0 Å². The van der Waals surface area contributed by atoms with E-state index in [1.165, 1.54) is 6.07 Å². The van der Waals surface area contributed by atoms with Crippen LogP contribution in [-0.2, 0) is 11.3 Å². The largest absolute Gasteiger partial charge is 0.378 e. The number of halogens is 1. The first-order chi connectivity index (χ1) is 14.6. The van der Waals surface area contributed by atoms with Gasteiger partial charge < -0.3 is 15.0 Å². The summed E-state index contributed by atoms with van der Waals surface area (Å²) < 4.78 is 21.7. The molecule has 3 aromatic rings. The summed E-state index contributed by atoms with van der Waals surface area (Å²) in [6.07, 6.45) is 5.68. The molecule has 1 N–H and O–H groups in total. The number of nitrogens with one attached hydrogen (secondary N) is 1. The molecule has 4 rings (SSSR count). The maximum atomic E-state index is 14.7. The van der Waals surface area contributed by atoms with Crippen LogP contribution in [0, 0.1) is 24.1 Å². The lowest BCUT2D eigenvalue weighted by molar-refractivity contribution is 0.122. The Morgan fingerprint density at radius 1 is 1.27 bits per heavy atom. The zero-order valence-corrected chi connectivity index (χ0v) is 16.7. The minimum absolute atomic E-state index is 0.298. The van der Waals surface area contributed by atoms with Gasteiger partial charge in [-0.3, -0.25) is 4.68 Å². The van der Waals surface area contributed by atoms with Gasteiger partial charge in [0.2, 0.25) is 5.95 Å². The molecule has 1 fully saturated rings. The predicted octanol–water partition coefficient (Wildman–Crippen LogP) is 3.28. The van der Waals surface area contributed by atoms with Crippen LogP contribution in [0.2, 0.25) is 0 Å². The zero-order valence-electron chi connectivity index (χ0n) is 16.7. The highest BCUT2D eigenvalue weighted by Crippen LogP contribution is 2.26. The molecule has 1 saturated heterocycles. The highest BCUT2D eigenvalue weighted by Gasteiger charge is 2.16. The molecule has 0 aliphatic carbocycles. The Bertz CT molecular complexity index is 1070.